The summed E-state index contributed by atoms with van der Waals surface area (Å²) >= 11 is 0. The van der Waals surface area contributed by atoms with Crippen LogP contribution in [0.25, 0.3) is 0 Å². The van der Waals surface area contributed by atoms with Gasteiger partial charge in [0.1, 0.15) is 0 Å². The molecule has 0 aromatic heterocycles. The first-order valence-electron chi connectivity index (χ1n) is 4.33. The first-order chi connectivity index (χ1) is 6.52. The summed E-state index contributed by atoms with van der Waals surface area (Å²) in [5.41, 5.74) is 0. The van der Waals surface area contributed by atoms with E-state index < -0.39 is 23.8 Å². The van der Waals surface area contributed by atoms with Crippen LogP contribution in [0.2, 0.25) is 0 Å². The van der Waals surface area contributed by atoms with Crippen molar-refractivity contribution in [2.45, 2.75) is 19.4 Å². The predicted molar refractivity (Wildman–Crippen MR) is 46.4 cm³/mol. The number of piperazine rings is 1. The van der Waals surface area contributed by atoms with Gasteiger partial charge < -0.3 is 15.3 Å². The number of carboxylic acid groups (broad SMARTS) is 1. The van der Waals surface area contributed by atoms with Gasteiger partial charge in [-0.1, -0.05) is 0 Å². The number of hydrogen-bond acceptors (Lipinski definition) is 3. The SMILES string of the molecule is CC(CC(=O)O)N1CCNC(=O)C1=O. The van der Waals surface area contributed by atoms with Crippen LogP contribution in [0.3, 0.4) is 0 Å². The number of nitrogens with zero attached hydrogens (tertiary/aromatic N) is 1. The Balaban J connectivity index is 2.62. The largest absolute Gasteiger partial charge is 0.481 e. The molecular formula is C8H12N2O4. The van der Waals surface area contributed by atoms with Crippen molar-refractivity contribution in [2.24, 2.45) is 0 Å². The lowest BCUT2D eigenvalue weighted by Gasteiger charge is -2.31. The van der Waals surface area contributed by atoms with E-state index in [9.17, 15) is 14.4 Å². The van der Waals surface area contributed by atoms with E-state index >= 15 is 0 Å². The highest BCUT2D eigenvalue weighted by molar-refractivity contribution is 6.35. The second-order valence-electron chi connectivity index (χ2n) is 3.20. The molecule has 2 amide bonds. The van der Waals surface area contributed by atoms with Crippen molar-refractivity contribution in [1.29, 1.82) is 0 Å². The minimum Gasteiger partial charge on any atom is -0.481 e. The molecule has 1 saturated heterocycles. The van der Waals surface area contributed by atoms with Crippen LogP contribution in [0.15, 0.2) is 0 Å². The molecule has 0 saturated carbocycles. The Kier molecular flexibility index (Phi) is 3.06. The molecule has 6 nitrogen and oxygen atoms in total. The van der Waals surface area contributed by atoms with E-state index in [1.54, 1.807) is 6.92 Å². The standard InChI is InChI=1S/C8H12N2O4/c1-5(4-6(11)12)10-3-2-9-7(13)8(10)14/h5H,2-4H2,1H3,(H,9,13)(H,11,12). The van der Waals surface area contributed by atoms with E-state index in [1.807, 2.05) is 0 Å². The minimum atomic E-state index is -0.976. The molecular weight excluding hydrogens is 188 g/mol. The summed E-state index contributed by atoms with van der Waals surface area (Å²) in [5, 5.41) is 10.9. The molecule has 6 heteroatoms. The zero-order valence-corrected chi connectivity index (χ0v) is 7.82. The van der Waals surface area contributed by atoms with E-state index in [0.29, 0.717) is 13.1 Å². The zero-order chi connectivity index (χ0) is 10.7. The Morgan fingerprint density at radius 3 is 2.86 bits per heavy atom. The number of aliphatic carboxylic acids is 1. The smallest absolute Gasteiger partial charge is 0.312 e. The van der Waals surface area contributed by atoms with Crippen LogP contribution in [-0.4, -0.2) is 46.9 Å². The van der Waals surface area contributed by atoms with Crippen molar-refractivity contribution in [2.75, 3.05) is 13.1 Å². The summed E-state index contributed by atoms with van der Waals surface area (Å²) in [6, 6.07) is -0.439. The highest BCUT2D eigenvalue weighted by atomic mass is 16.4. The molecule has 0 aromatic rings. The summed E-state index contributed by atoms with van der Waals surface area (Å²) in [7, 11) is 0. The van der Waals surface area contributed by atoms with Gasteiger partial charge in [-0.2, -0.15) is 0 Å². The Morgan fingerprint density at radius 1 is 1.64 bits per heavy atom. The van der Waals surface area contributed by atoms with Crippen molar-refractivity contribution < 1.29 is 19.5 Å². The van der Waals surface area contributed by atoms with Crippen molar-refractivity contribution in [3.05, 3.63) is 0 Å². The molecule has 0 aromatic carbocycles. The van der Waals surface area contributed by atoms with Gasteiger partial charge in [0.25, 0.3) is 0 Å². The zero-order valence-electron chi connectivity index (χ0n) is 7.82. The summed E-state index contributed by atoms with van der Waals surface area (Å²) in [5.74, 6) is -2.28. The second-order valence-corrected chi connectivity index (χ2v) is 3.20. The van der Waals surface area contributed by atoms with Crippen LogP contribution in [0, 0.1) is 0 Å². The fraction of sp³-hybridized carbons (Fsp3) is 0.625. The fourth-order valence-corrected chi connectivity index (χ4v) is 1.38. The summed E-state index contributed by atoms with van der Waals surface area (Å²) in [4.78, 5) is 33.9. The van der Waals surface area contributed by atoms with E-state index in [-0.39, 0.29) is 6.42 Å². The highest BCUT2D eigenvalue weighted by Crippen LogP contribution is 2.06. The number of nitrogens with one attached hydrogen (secondary N) is 1. The van der Waals surface area contributed by atoms with Crippen LogP contribution in [-0.2, 0) is 14.4 Å². The number of carbonyl (C=O) groups is 3. The minimum absolute atomic E-state index is 0.140. The molecule has 0 spiro atoms. The molecule has 0 aliphatic carbocycles. The molecule has 1 aliphatic heterocycles. The van der Waals surface area contributed by atoms with Crippen molar-refractivity contribution in [1.82, 2.24) is 10.2 Å². The lowest BCUT2D eigenvalue weighted by Crippen LogP contribution is -2.55. The van der Waals surface area contributed by atoms with Crippen molar-refractivity contribution >= 4 is 17.8 Å². The lowest BCUT2D eigenvalue weighted by atomic mass is 10.2. The number of amides is 2. The summed E-state index contributed by atoms with van der Waals surface area (Å²) < 4.78 is 0. The Bertz CT molecular complexity index is 277. The molecule has 1 unspecified atom stereocenters. The molecule has 1 rings (SSSR count). The van der Waals surface area contributed by atoms with E-state index in [1.165, 1.54) is 4.90 Å². The third-order valence-corrected chi connectivity index (χ3v) is 2.10. The van der Waals surface area contributed by atoms with Crippen LogP contribution in [0.5, 0.6) is 0 Å². The molecule has 0 radical (unpaired) electrons. The van der Waals surface area contributed by atoms with Crippen LogP contribution in [0.4, 0.5) is 0 Å². The van der Waals surface area contributed by atoms with Gasteiger partial charge in [-0.15, -0.1) is 0 Å². The van der Waals surface area contributed by atoms with Gasteiger partial charge in [-0.25, -0.2) is 0 Å². The number of rotatable bonds is 3. The topological polar surface area (TPSA) is 86.7 Å². The maximum absolute atomic E-state index is 11.3. The highest BCUT2D eigenvalue weighted by Gasteiger charge is 2.30. The van der Waals surface area contributed by atoms with E-state index in [2.05, 4.69) is 5.32 Å². The number of carbonyl (C=O) groups excluding carboxylic acids is 2. The lowest BCUT2D eigenvalue weighted by molar-refractivity contribution is -0.151. The molecule has 2 N–H and O–H groups in total. The molecule has 1 heterocycles. The fourth-order valence-electron chi connectivity index (χ4n) is 1.38. The van der Waals surface area contributed by atoms with Gasteiger partial charge in [-0.05, 0) is 6.92 Å². The quantitative estimate of drug-likeness (QED) is 0.561. The molecule has 1 atom stereocenters. The Labute approximate surface area is 80.9 Å². The Morgan fingerprint density at radius 2 is 2.29 bits per heavy atom. The number of hydrogen-bond donors (Lipinski definition) is 2. The predicted octanol–water partition coefficient (Wildman–Crippen LogP) is -1.19. The van der Waals surface area contributed by atoms with Gasteiger partial charge in [0.05, 0.1) is 6.42 Å². The monoisotopic (exact) mass is 200 g/mol. The van der Waals surface area contributed by atoms with Gasteiger partial charge in [0.15, 0.2) is 0 Å². The first kappa shape index (κ1) is 10.5. The van der Waals surface area contributed by atoms with Crippen molar-refractivity contribution in [3.63, 3.8) is 0 Å². The number of carboxylic acids is 1. The third kappa shape index (κ3) is 2.21. The Hall–Kier alpha value is -1.59. The molecule has 1 aliphatic rings. The van der Waals surface area contributed by atoms with E-state index in [0.717, 1.165) is 0 Å². The molecule has 78 valence electrons. The summed E-state index contributed by atoms with van der Waals surface area (Å²) in [6.45, 7) is 2.37. The van der Waals surface area contributed by atoms with Gasteiger partial charge in [-0.3, -0.25) is 14.4 Å². The maximum Gasteiger partial charge on any atom is 0.312 e. The second kappa shape index (κ2) is 4.08. The first-order valence-corrected chi connectivity index (χ1v) is 4.33. The van der Waals surface area contributed by atoms with Gasteiger partial charge >= 0.3 is 17.8 Å². The van der Waals surface area contributed by atoms with Crippen LogP contribution >= 0.6 is 0 Å². The van der Waals surface area contributed by atoms with Crippen LogP contribution < -0.4 is 5.32 Å². The van der Waals surface area contributed by atoms with Crippen molar-refractivity contribution in [3.8, 4) is 0 Å². The average molecular weight is 200 g/mol. The van der Waals surface area contributed by atoms with E-state index in [4.69, 9.17) is 5.11 Å². The van der Waals surface area contributed by atoms with Crippen LogP contribution in [0.1, 0.15) is 13.3 Å². The molecule has 1 fully saturated rings. The third-order valence-electron chi connectivity index (χ3n) is 2.10. The van der Waals surface area contributed by atoms with Gasteiger partial charge in [0.2, 0.25) is 0 Å². The molecule has 0 bridgehead atoms. The molecule has 14 heavy (non-hydrogen) atoms. The average Bonchev–Trinajstić information content (AvgIpc) is 2.08. The van der Waals surface area contributed by atoms with Gasteiger partial charge in [0, 0.05) is 19.1 Å². The normalized spacial score (nSPS) is 19.1. The summed E-state index contributed by atoms with van der Waals surface area (Å²) in [6.07, 6.45) is -0.140. The maximum atomic E-state index is 11.3.